The Morgan fingerprint density at radius 3 is 2.42 bits per heavy atom. The van der Waals surface area contributed by atoms with Gasteiger partial charge in [-0.05, 0) is 19.8 Å². The maximum atomic E-state index is 12.5. The third-order valence-electron chi connectivity index (χ3n) is 3.16. The van der Waals surface area contributed by atoms with Gasteiger partial charge in [0.2, 0.25) is 6.43 Å². The maximum absolute atomic E-state index is 12.5. The van der Waals surface area contributed by atoms with Crippen molar-refractivity contribution in [2.24, 2.45) is 5.92 Å². The molecule has 0 unspecified atom stereocenters. The van der Waals surface area contributed by atoms with Crippen LogP contribution in [0.25, 0.3) is 0 Å². The first kappa shape index (κ1) is 15.1. The highest BCUT2D eigenvalue weighted by atomic mass is 35.5. The van der Waals surface area contributed by atoms with Gasteiger partial charge in [-0.2, -0.15) is 4.31 Å². The van der Waals surface area contributed by atoms with Crippen molar-refractivity contribution < 1.29 is 17.2 Å². The fourth-order valence-corrected chi connectivity index (χ4v) is 5.42. The average molecular weight is 331 g/mol. The molecule has 2 rings (SSSR count). The van der Waals surface area contributed by atoms with E-state index >= 15 is 0 Å². The SMILES string of the molecule is Cc1nc(Cl)sc1S(=O)(=O)N1CCC(C(F)F)CC1. The largest absolute Gasteiger partial charge is 0.254 e. The third kappa shape index (κ3) is 3.07. The number of aryl methyl sites for hydroxylation is 1. The standard InChI is InChI=1S/C10H13ClF2N2O2S2/c1-6-9(18-10(11)14-6)19(16,17)15-4-2-7(3-5-15)8(12)13/h7-8H,2-5H2,1H3. The van der Waals surface area contributed by atoms with Crippen LogP contribution in [0.4, 0.5) is 8.78 Å². The van der Waals surface area contributed by atoms with Crippen LogP contribution < -0.4 is 0 Å². The van der Waals surface area contributed by atoms with E-state index in [0.29, 0.717) is 5.69 Å². The molecule has 1 aliphatic rings. The Hall–Kier alpha value is -0.310. The molecule has 1 aromatic rings. The Bertz CT molecular complexity index is 554. The predicted octanol–water partition coefficient (Wildman–Crippen LogP) is 2.77. The van der Waals surface area contributed by atoms with Crippen LogP contribution in [-0.4, -0.2) is 37.2 Å². The highest BCUT2D eigenvalue weighted by Crippen LogP contribution is 2.32. The summed E-state index contributed by atoms with van der Waals surface area (Å²) in [5.41, 5.74) is 0.353. The van der Waals surface area contributed by atoms with Crippen molar-refractivity contribution in [3.8, 4) is 0 Å². The molecule has 0 saturated carbocycles. The number of aromatic nitrogens is 1. The molecule has 0 amide bonds. The lowest BCUT2D eigenvalue weighted by Gasteiger charge is -2.30. The van der Waals surface area contributed by atoms with Crippen molar-refractivity contribution >= 4 is 33.0 Å². The van der Waals surface area contributed by atoms with Gasteiger partial charge in [-0.15, -0.1) is 0 Å². The molecule has 2 heterocycles. The van der Waals surface area contributed by atoms with Gasteiger partial charge in [0, 0.05) is 19.0 Å². The van der Waals surface area contributed by atoms with Crippen molar-refractivity contribution in [1.82, 2.24) is 9.29 Å². The topological polar surface area (TPSA) is 50.3 Å². The van der Waals surface area contributed by atoms with E-state index in [0.717, 1.165) is 11.3 Å². The van der Waals surface area contributed by atoms with Gasteiger partial charge in [-0.25, -0.2) is 22.2 Å². The molecule has 1 aliphatic heterocycles. The van der Waals surface area contributed by atoms with Crippen LogP contribution in [0.5, 0.6) is 0 Å². The number of rotatable bonds is 3. The molecular weight excluding hydrogens is 318 g/mol. The maximum Gasteiger partial charge on any atom is 0.254 e. The van der Waals surface area contributed by atoms with Crippen LogP contribution >= 0.6 is 22.9 Å². The van der Waals surface area contributed by atoms with Gasteiger partial charge in [-0.1, -0.05) is 22.9 Å². The molecular formula is C10H13ClF2N2O2S2. The van der Waals surface area contributed by atoms with E-state index in [2.05, 4.69) is 4.98 Å². The lowest BCUT2D eigenvalue weighted by atomic mass is 9.99. The zero-order valence-electron chi connectivity index (χ0n) is 10.1. The number of hydrogen-bond acceptors (Lipinski definition) is 4. The van der Waals surface area contributed by atoms with Crippen LogP contribution in [0.15, 0.2) is 4.21 Å². The zero-order valence-corrected chi connectivity index (χ0v) is 12.5. The number of halogens is 3. The van der Waals surface area contributed by atoms with Crippen LogP contribution in [0.1, 0.15) is 18.5 Å². The van der Waals surface area contributed by atoms with E-state index in [1.54, 1.807) is 6.92 Å². The van der Waals surface area contributed by atoms with Gasteiger partial charge < -0.3 is 0 Å². The van der Waals surface area contributed by atoms with Gasteiger partial charge in [0.05, 0.1) is 5.69 Å². The monoisotopic (exact) mass is 330 g/mol. The van der Waals surface area contributed by atoms with Gasteiger partial charge in [0.1, 0.15) is 0 Å². The van der Waals surface area contributed by atoms with E-state index in [9.17, 15) is 17.2 Å². The third-order valence-corrected chi connectivity index (χ3v) is 6.90. The second kappa shape index (κ2) is 5.59. The minimum atomic E-state index is -3.66. The number of piperidine rings is 1. The molecule has 19 heavy (non-hydrogen) atoms. The number of nitrogens with zero attached hydrogens (tertiary/aromatic N) is 2. The van der Waals surface area contributed by atoms with Crippen LogP contribution in [0, 0.1) is 12.8 Å². The summed E-state index contributed by atoms with van der Waals surface area (Å²) in [6.45, 7) is 1.81. The Morgan fingerprint density at radius 1 is 1.42 bits per heavy atom. The predicted molar refractivity (Wildman–Crippen MR) is 69.3 cm³/mol. The Morgan fingerprint density at radius 2 is 2.00 bits per heavy atom. The normalized spacial score (nSPS) is 19.2. The zero-order chi connectivity index (χ0) is 14.2. The fourth-order valence-electron chi connectivity index (χ4n) is 2.08. The number of thiazole rings is 1. The summed E-state index contributed by atoms with van der Waals surface area (Å²) < 4.78 is 51.3. The summed E-state index contributed by atoms with van der Waals surface area (Å²) in [7, 11) is -3.66. The molecule has 1 aromatic heterocycles. The van der Waals surface area contributed by atoms with Crippen LogP contribution in [0.2, 0.25) is 4.47 Å². The molecule has 9 heteroatoms. The molecule has 108 valence electrons. The van der Waals surface area contributed by atoms with E-state index in [1.165, 1.54) is 4.31 Å². The molecule has 0 spiro atoms. The molecule has 4 nitrogen and oxygen atoms in total. The minimum Gasteiger partial charge on any atom is -0.229 e. The summed E-state index contributed by atoms with van der Waals surface area (Å²) in [6, 6.07) is 0. The first-order chi connectivity index (χ1) is 8.82. The first-order valence-corrected chi connectivity index (χ1v) is 8.37. The smallest absolute Gasteiger partial charge is 0.229 e. The van der Waals surface area contributed by atoms with Crippen molar-refractivity contribution in [3.63, 3.8) is 0 Å². The number of alkyl halides is 2. The van der Waals surface area contributed by atoms with Gasteiger partial charge in [0.15, 0.2) is 8.68 Å². The number of hydrogen-bond donors (Lipinski definition) is 0. The summed E-state index contributed by atoms with van der Waals surface area (Å²) in [5.74, 6) is -0.711. The van der Waals surface area contributed by atoms with Crippen molar-refractivity contribution in [2.45, 2.75) is 30.4 Å². The summed E-state index contributed by atoms with van der Waals surface area (Å²) in [6.07, 6.45) is -2.02. The summed E-state index contributed by atoms with van der Waals surface area (Å²) in [4.78, 5) is 3.87. The number of sulfonamides is 1. The van der Waals surface area contributed by atoms with Crippen LogP contribution in [0.3, 0.4) is 0 Å². The minimum absolute atomic E-state index is 0.105. The Labute approximate surface area is 119 Å². The quantitative estimate of drug-likeness (QED) is 0.856. The molecule has 0 bridgehead atoms. The van der Waals surface area contributed by atoms with E-state index in [4.69, 9.17) is 11.6 Å². The molecule has 0 aromatic carbocycles. The van der Waals surface area contributed by atoms with Crippen molar-refractivity contribution in [1.29, 1.82) is 0 Å². The Kier molecular flexibility index (Phi) is 4.44. The van der Waals surface area contributed by atoms with E-state index in [-0.39, 0.29) is 34.6 Å². The second-order valence-corrected chi connectivity index (χ2v) is 8.13. The lowest BCUT2D eigenvalue weighted by molar-refractivity contribution is 0.0491. The highest BCUT2D eigenvalue weighted by molar-refractivity contribution is 7.91. The lowest BCUT2D eigenvalue weighted by Crippen LogP contribution is -2.39. The van der Waals surface area contributed by atoms with Gasteiger partial charge in [-0.3, -0.25) is 0 Å². The fraction of sp³-hybridized carbons (Fsp3) is 0.700. The molecule has 0 radical (unpaired) electrons. The molecule has 0 aliphatic carbocycles. The van der Waals surface area contributed by atoms with Crippen LogP contribution in [-0.2, 0) is 10.0 Å². The van der Waals surface area contributed by atoms with E-state index in [1.807, 2.05) is 0 Å². The highest BCUT2D eigenvalue weighted by Gasteiger charge is 2.34. The molecule has 0 N–H and O–H groups in total. The van der Waals surface area contributed by atoms with E-state index < -0.39 is 22.4 Å². The van der Waals surface area contributed by atoms with Crippen molar-refractivity contribution in [3.05, 3.63) is 10.2 Å². The van der Waals surface area contributed by atoms with Gasteiger partial charge in [0.25, 0.3) is 10.0 Å². The van der Waals surface area contributed by atoms with Crippen molar-refractivity contribution in [2.75, 3.05) is 13.1 Å². The molecule has 1 fully saturated rings. The Balaban J connectivity index is 2.16. The molecule has 0 atom stereocenters. The first-order valence-electron chi connectivity index (χ1n) is 5.73. The summed E-state index contributed by atoms with van der Waals surface area (Å²) in [5, 5.41) is 0. The summed E-state index contributed by atoms with van der Waals surface area (Å²) >= 11 is 6.60. The molecule has 1 saturated heterocycles. The second-order valence-electron chi connectivity index (χ2n) is 4.42. The average Bonchev–Trinajstić information content (AvgIpc) is 2.69. The van der Waals surface area contributed by atoms with Gasteiger partial charge >= 0.3 is 0 Å².